The zero-order chi connectivity index (χ0) is 15.0. The van der Waals surface area contributed by atoms with Gasteiger partial charge in [-0.1, -0.05) is 12.8 Å². The summed E-state index contributed by atoms with van der Waals surface area (Å²) >= 11 is 1.26. The van der Waals surface area contributed by atoms with Crippen LogP contribution >= 0.6 is 11.3 Å². The number of aryl methyl sites for hydroxylation is 2. The van der Waals surface area contributed by atoms with Crippen LogP contribution in [0.1, 0.15) is 42.7 Å². The molecule has 2 heterocycles. The van der Waals surface area contributed by atoms with Crippen molar-refractivity contribution in [2.75, 3.05) is 13.1 Å². The number of thiazole rings is 1. The van der Waals surface area contributed by atoms with Gasteiger partial charge >= 0.3 is 0 Å². The second-order valence-corrected chi connectivity index (χ2v) is 9.25. The van der Waals surface area contributed by atoms with Crippen LogP contribution in [0.2, 0.25) is 0 Å². The Morgan fingerprint density at radius 2 is 1.95 bits per heavy atom. The topological polar surface area (TPSA) is 62.3 Å². The first-order valence-electron chi connectivity index (χ1n) is 7.66. The molecule has 1 aliphatic heterocycles. The zero-order valence-electron chi connectivity index (χ0n) is 12.6. The lowest BCUT2D eigenvalue weighted by atomic mass is 10.2. The minimum Gasteiger partial charge on any atom is -0.299 e. The highest BCUT2D eigenvalue weighted by Crippen LogP contribution is 2.27. The van der Waals surface area contributed by atoms with E-state index in [4.69, 9.17) is 0 Å². The van der Waals surface area contributed by atoms with Gasteiger partial charge in [-0.2, -0.15) is 0 Å². The summed E-state index contributed by atoms with van der Waals surface area (Å²) in [7, 11) is -3.46. The monoisotopic (exact) mass is 329 g/mol. The lowest BCUT2D eigenvalue weighted by molar-refractivity contribution is 0.242. The van der Waals surface area contributed by atoms with Crippen LogP contribution in [-0.2, 0) is 10.0 Å². The Morgan fingerprint density at radius 1 is 1.24 bits per heavy atom. The average molecular weight is 329 g/mol. The first-order valence-corrected chi connectivity index (χ1v) is 9.96. The van der Waals surface area contributed by atoms with Gasteiger partial charge in [0.15, 0.2) is 0 Å². The fourth-order valence-corrected chi connectivity index (χ4v) is 5.90. The third-order valence-corrected chi connectivity index (χ3v) is 7.59. The zero-order valence-corrected chi connectivity index (χ0v) is 14.3. The van der Waals surface area contributed by atoms with Crippen LogP contribution in [0.15, 0.2) is 4.34 Å². The number of aromatic nitrogens is 1. The number of hydrogen-bond donors (Lipinski definition) is 1. The Labute approximate surface area is 130 Å². The number of likely N-dealkylation sites (tertiary alicyclic amines) is 1. The van der Waals surface area contributed by atoms with E-state index in [1.165, 1.54) is 37.0 Å². The minimum atomic E-state index is -3.46. The average Bonchev–Trinajstić information content (AvgIpc) is 3.11. The molecule has 0 aromatic carbocycles. The fourth-order valence-electron chi connectivity index (χ4n) is 3.31. The highest BCUT2D eigenvalue weighted by molar-refractivity contribution is 7.91. The largest absolute Gasteiger partial charge is 0.299 e. The molecular weight excluding hydrogens is 306 g/mol. The van der Waals surface area contributed by atoms with Crippen LogP contribution in [0.3, 0.4) is 0 Å². The molecule has 2 fully saturated rings. The molecule has 1 saturated heterocycles. The van der Waals surface area contributed by atoms with Crippen molar-refractivity contribution in [3.05, 3.63) is 10.6 Å². The van der Waals surface area contributed by atoms with Crippen molar-refractivity contribution in [3.8, 4) is 0 Å². The maximum absolute atomic E-state index is 12.4. The first-order chi connectivity index (χ1) is 9.95. The van der Waals surface area contributed by atoms with Crippen molar-refractivity contribution in [3.63, 3.8) is 0 Å². The van der Waals surface area contributed by atoms with Crippen molar-refractivity contribution in [1.82, 2.24) is 14.6 Å². The summed E-state index contributed by atoms with van der Waals surface area (Å²) in [5, 5.41) is 0. The number of sulfonamides is 1. The van der Waals surface area contributed by atoms with Gasteiger partial charge in [0.1, 0.15) is 0 Å². The van der Waals surface area contributed by atoms with Gasteiger partial charge in [0.25, 0.3) is 10.0 Å². The maximum atomic E-state index is 12.4. The Hall–Kier alpha value is -0.500. The fraction of sp³-hybridized carbons (Fsp3) is 0.786. The van der Waals surface area contributed by atoms with E-state index in [-0.39, 0.29) is 10.4 Å². The van der Waals surface area contributed by atoms with Gasteiger partial charge in [-0.05, 0) is 33.1 Å². The second-order valence-electron chi connectivity index (χ2n) is 6.16. The van der Waals surface area contributed by atoms with Crippen molar-refractivity contribution in [2.24, 2.45) is 0 Å². The van der Waals surface area contributed by atoms with E-state index in [0.29, 0.717) is 6.04 Å². The molecule has 0 amide bonds. The van der Waals surface area contributed by atoms with Crippen LogP contribution in [0.5, 0.6) is 0 Å². The molecule has 118 valence electrons. The minimum absolute atomic E-state index is 0.0279. The maximum Gasteiger partial charge on any atom is 0.268 e. The summed E-state index contributed by atoms with van der Waals surface area (Å²) in [5.74, 6) is 0. The van der Waals surface area contributed by atoms with Crippen molar-refractivity contribution in [1.29, 1.82) is 0 Å². The third kappa shape index (κ3) is 3.31. The predicted octanol–water partition coefficient (Wildman–Crippen LogP) is 2.06. The molecule has 1 aliphatic carbocycles. The van der Waals surface area contributed by atoms with Crippen LogP contribution in [0, 0.1) is 13.8 Å². The van der Waals surface area contributed by atoms with E-state index in [0.717, 1.165) is 30.1 Å². The summed E-state index contributed by atoms with van der Waals surface area (Å²) in [6.07, 6.45) is 6.07. The highest BCUT2D eigenvalue weighted by Gasteiger charge is 2.33. The van der Waals surface area contributed by atoms with E-state index in [1.807, 2.05) is 13.8 Å². The van der Waals surface area contributed by atoms with Gasteiger partial charge < -0.3 is 0 Å². The third-order valence-electron chi connectivity index (χ3n) is 4.62. The van der Waals surface area contributed by atoms with E-state index < -0.39 is 10.0 Å². The molecule has 1 N–H and O–H groups in total. The van der Waals surface area contributed by atoms with Crippen molar-refractivity contribution < 1.29 is 8.42 Å². The summed E-state index contributed by atoms with van der Waals surface area (Å²) in [6.45, 7) is 5.60. The van der Waals surface area contributed by atoms with Gasteiger partial charge in [0, 0.05) is 30.1 Å². The molecule has 2 aliphatic rings. The summed E-state index contributed by atoms with van der Waals surface area (Å²) < 4.78 is 27.8. The van der Waals surface area contributed by atoms with E-state index in [9.17, 15) is 8.42 Å². The summed E-state index contributed by atoms with van der Waals surface area (Å²) in [5.41, 5.74) is 0.805. The van der Waals surface area contributed by atoms with Crippen LogP contribution < -0.4 is 4.72 Å². The Balaban J connectivity index is 1.63. The normalized spacial score (nSPS) is 25.0. The predicted molar refractivity (Wildman–Crippen MR) is 84.1 cm³/mol. The van der Waals surface area contributed by atoms with Crippen LogP contribution in [0.4, 0.5) is 0 Å². The quantitative estimate of drug-likeness (QED) is 0.918. The molecule has 0 bridgehead atoms. The number of nitrogens with one attached hydrogen (secondary N) is 1. The molecule has 1 unspecified atom stereocenters. The molecule has 1 aromatic heterocycles. The van der Waals surface area contributed by atoms with Crippen LogP contribution in [-0.4, -0.2) is 43.5 Å². The van der Waals surface area contributed by atoms with E-state index in [2.05, 4.69) is 14.6 Å². The van der Waals surface area contributed by atoms with Gasteiger partial charge in [-0.15, -0.1) is 11.3 Å². The molecule has 1 saturated carbocycles. The highest BCUT2D eigenvalue weighted by atomic mass is 32.2. The standard InChI is InChI=1S/C14H23N3O2S2/c1-10-11(2)20-14(15-10)21(18,19)16-12-7-8-17(9-12)13-5-3-4-6-13/h12-13,16H,3-9H2,1-2H3. The molecule has 0 spiro atoms. The molecular formula is C14H23N3O2S2. The van der Waals surface area contributed by atoms with Gasteiger partial charge in [0.2, 0.25) is 4.34 Å². The Morgan fingerprint density at radius 3 is 2.57 bits per heavy atom. The first kappa shape index (κ1) is 15.4. The van der Waals surface area contributed by atoms with Crippen molar-refractivity contribution >= 4 is 21.4 Å². The van der Waals surface area contributed by atoms with Gasteiger partial charge in [-0.3, -0.25) is 4.90 Å². The summed E-state index contributed by atoms with van der Waals surface area (Å²) in [4.78, 5) is 7.60. The van der Waals surface area contributed by atoms with E-state index in [1.54, 1.807) is 0 Å². The molecule has 1 atom stereocenters. The molecule has 3 rings (SSSR count). The Bertz CT molecular complexity index is 586. The van der Waals surface area contributed by atoms with E-state index >= 15 is 0 Å². The smallest absolute Gasteiger partial charge is 0.268 e. The second kappa shape index (κ2) is 5.95. The Kier molecular flexibility index (Phi) is 4.36. The van der Waals surface area contributed by atoms with Gasteiger partial charge in [0.05, 0.1) is 5.69 Å². The number of nitrogens with zero attached hydrogens (tertiary/aromatic N) is 2. The molecule has 5 nitrogen and oxygen atoms in total. The molecule has 21 heavy (non-hydrogen) atoms. The number of hydrogen-bond acceptors (Lipinski definition) is 5. The lowest BCUT2D eigenvalue weighted by Gasteiger charge is -2.23. The van der Waals surface area contributed by atoms with Crippen molar-refractivity contribution in [2.45, 2.75) is 62.4 Å². The molecule has 0 radical (unpaired) electrons. The van der Waals surface area contributed by atoms with Crippen LogP contribution in [0.25, 0.3) is 0 Å². The molecule has 7 heteroatoms. The summed E-state index contributed by atoms with van der Waals surface area (Å²) in [6, 6.07) is 0.698. The SMILES string of the molecule is Cc1nc(S(=O)(=O)NC2CCN(C3CCCC3)C2)sc1C. The van der Waals surface area contributed by atoms with Gasteiger partial charge in [-0.25, -0.2) is 18.1 Å². The number of rotatable bonds is 4. The lowest BCUT2D eigenvalue weighted by Crippen LogP contribution is -2.39. The molecule has 1 aromatic rings.